The van der Waals surface area contributed by atoms with Crippen LogP contribution < -0.4 is 0 Å². The summed E-state index contributed by atoms with van der Waals surface area (Å²) in [6.45, 7) is 1.46. The van der Waals surface area contributed by atoms with Crippen molar-refractivity contribution in [1.29, 1.82) is 5.26 Å². The summed E-state index contributed by atoms with van der Waals surface area (Å²) >= 11 is 5.09. The molecule has 0 saturated carbocycles. The molecular weight excluding hydrogens is 226 g/mol. The highest BCUT2D eigenvalue weighted by molar-refractivity contribution is 6.67. The van der Waals surface area contributed by atoms with Gasteiger partial charge < -0.3 is 0 Å². The number of aromatic nitrogens is 1. The van der Waals surface area contributed by atoms with E-state index in [4.69, 9.17) is 16.9 Å². The van der Waals surface area contributed by atoms with E-state index in [1.54, 1.807) is 6.07 Å². The van der Waals surface area contributed by atoms with Gasteiger partial charge in [-0.3, -0.25) is 9.78 Å². The van der Waals surface area contributed by atoms with Crippen molar-refractivity contribution in [2.45, 2.75) is 13.3 Å². The summed E-state index contributed by atoms with van der Waals surface area (Å²) in [6, 6.07) is 1.61. The molecule has 0 amide bonds. The standard InChI is InChI=1S/C9H5ClF2N2O/c1-4-3-14-7(8(10)15)6(9(11)12)5(4)2-13/h3,9H,1H3. The van der Waals surface area contributed by atoms with Crippen LogP contribution in [0.4, 0.5) is 8.78 Å². The molecule has 0 spiro atoms. The largest absolute Gasteiger partial charge is 0.274 e. The fraction of sp³-hybridized carbons (Fsp3) is 0.222. The Morgan fingerprint density at radius 3 is 2.67 bits per heavy atom. The molecule has 1 aromatic heterocycles. The molecule has 0 saturated heterocycles. The topological polar surface area (TPSA) is 53.8 Å². The Labute approximate surface area is 89.3 Å². The Morgan fingerprint density at radius 2 is 2.27 bits per heavy atom. The molecule has 78 valence electrons. The van der Waals surface area contributed by atoms with Crippen molar-refractivity contribution in [2.24, 2.45) is 0 Å². The van der Waals surface area contributed by atoms with Gasteiger partial charge in [0.1, 0.15) is 11.8 Å². The molecule has 0 aliphatic carbocycles. The summed E-state index contributed by atoms with van der Waals surface area (Å²) in [7, 11) is 0. The molecule has 6 heteroatoms. The van der Waals surface area contributed by atoms with Crippen LogP contribution in [0.15, 0.2) is 6.20 Å². The van der Waals surface area contributed by atoms with Crippen LogP contribution in [-0.4, -0.2) is 10.2 Å². The molecule has 0 atom stereocenters. The minimum atomic E-state index is -2.95. The van der Waals surface area contributed by atoms with Crippen molar-refractivity contribution in [3.8, 4) is 6.07 Å². The lowest BCUT2D eigenvalue weighted by molar-refractivity contribution is 0.106. The summed E-state index contributed by atoms with van der Waals surface area (Å²) in [4.78, 5) is 14.3. The van der Waals surface area contributed by atoms with Gasteiger partial charge in [0.15, 0.2) is 0 Å². The van der Waals surface area contributed by atoms with E-state index >= 15 is 0 Å². The average molecular weight is 231 g/mol. The molecule has 1 rings (SSSR count). The van der Waals surface area contributed by atoms with Gasteiger partial charge in [-0.1, -0.05) is 0 Å². The van der Waals surface area contributed by atoms with Gasteiger partial charge in [-0.25, -0.2) is 8.78 Å². The van der Waals surface area contributed by atoms with E-state index in [-0.39, 0.29) is 11.1 Å². The molecule has 0 aromatic carbocycles. The van der Waals surface area contributed by atoms with Crippen LogP contribution >= 0.6 is 11.6 Å². The third-order valence-electron chi connectivity index (χ3n) is 1.82. The van der Waals surface area contributed by atoms with Crippen LogP contribution in [0.3, 0.4) is 0 Å². The molecule has 1 aromatic rings. The summed E-state index contributed by atoms with van der Waals surface area (Å²) in [5, 5.41) is 7.59. The number of nitriles is 1. The van der Waals surface area contributed by atoms with Gasteiger partial charge in [0.05, 0.1) is 11.1 Å². The van der Waals surface area contributed by atoms with E-state index in [0.29, 0.717) is 0 Å². The number of pyridine rings is 1. The molecule has 3 nitrogen and oxygen atoms in total. The fourth-order valence-corrected chi connectivity index (χ4v) is 1.29. The molecule has 0 N–H and O–H groups in total. The normalized spacial score (nSPS) is 10.1. The zero-order valence-electron chi connectivity index (χ0n) is 7.59. The first-order chi connectivity index (χ1) is 6.99. The number of aryl methyl sites for hydroxylation is 1. The zero-order chi connectivity index (χ0) is 11.6. The van der Waals surface area contributed by atoms with Crippen LogP contribution in [-0.2, 0) is 0 Å². The highest BCUT2D eigenvalue weighted by Crippen LogP contribution is 2.27. The Morgan fingerprint density at radius 1 is 1.67 bits per heavy atom. The molecule has 0 bridgehead atoms. The van der Waals surface area contributed by atoms with E-state index < -0.39 is 22.9 Å². The summed E-state index contributed by atoms with van der Waals surface area (Å²) in [5.74, 6) is 0. The predicted octanol–water partition coefficient (Wildman–Crippen LogP) is 2.58. The van der Waals surface area contributed by atoms with Crippen LogP contribution in [0.5, 0.6) is 0 Å². The number of rotatable bonds is 2. The van der Waals surface area contributed by atoms with Crippen molar-refractivity contribution >= 4 is 16.8 Å². The first-order valence-corrected chi connectivity index (χ1v) is 4.24. The Hall–Kier alpha value is -1.54. The SMILES string of the molecule is Cc1cnc(C(=O)Cl)c(C(F)F)c1C#N. The lowest BCUT2D eigenvalue weighted by Crippen LogP contribution is -2.06. The second-order valence-corrected chi connectivity index (χ2v) is 3.11. The maximum Gasteiger partial charge on any atom is 0.271 e. The number of alkyl halides is 2. The van der Waals surface area contributed by atoms with Crippen molar-refractivity contribution in [3.63, 3.8) is 0 Å². The van der Waals surface area contributed by atoms with Crippen molar-refractivity contribution in [2.75, 3.05) is 0 Å². The number of hydrogen-bond donors (Lipinski definition) is 0. The quantitative estimate of drug-likeness (QED) is 0.734. The van der Waals surface area contributed by atoms with Crippen molar-refractivity contribution in [1.82, 2.24) is 4.98 Å². The fourth-order valence-electron chi connectivity index (χ4n) is 1.14. The molecule has 0 aliphatic heterocycles. The van der Waals surface area contributed by atoms with E-state index in [1.165, 1.54) is 13.1 Å². The van der Waals surface area contributed by atoms with Crippen LogP contribution in [0.2, 0.25) is 0 Å². The second kappa shape index (κ2) is 4.32. The van der Waals surface area contributed by atoms with E-state index in [2.05, 4.69) is 4.98 Å². The number of halogens is 3. The Balaban J connectivity index is 3.58. The second-order valence-electron chi connectivity index (χ2n) is 2.76. The molecule has 0 radical (unpaired) electrons. The highest BCUT2D eigenvalue weighted by Gasteiger charge is 2.24. The Kier molecular flexibility index (Phi) is 3.32. The number of hydrogen-bond acceptors (Lipinski definition) is 3. The smallest absolute Gasteiger partial charge is 0.271 e. The molecule has 1 heterocycles. The van der Waals surface area contributed by atoms with Gasteiger partial charge >= 0.3 is 0 Å². The Bertz CT molecular complexity index is 454. The third kappa shape index (κ3) is 2.10. The van der Waals surface area contributed by atoms with E-state index in [0.717, 1.165) is 0 Å². The molecule has 0 fully saturated rings. The average Bonchev–Trinajstić information content (AvgIpc) is 2.16. The summed E-state index contributed by atoms with van der Waals surface area (Å²) in [6.07, 6.45) is -1.79. The van der Waals surface area contributed by atoms with Gasteiger partial charge in [-0.15, -0.1) is 0 Å². The third-order valence-corrected chi connectivity index (χ3v) is 2.00. The van der Waals surface area contributed by atoms with E-state index in [9.17, 15) is 13.6 Å². The van der Waals surface area contributed by atoms with Crippen LogP contribution in [0.25, 0.3) is 0 Å². The zero-order valence-corrected chi connectivity index (χ0v) is 8.35. The summed E-state index contributed by atoms with van der Waals surface area (Å²) in [5.41, 5.74) is -1.22. The number of carbonyl (C=O) groups is 1. The minimum absolute atomic E-state index is 0.246. The summed E-state index contributed by atoms with van der Waals surface area (Å²) < 4.78 is 25.2. The molecule has 0 unspecified atom stereocenters. The maximum atomic E-state index is 12.6. The first kappa shape index (κ1) is 11.5. The monoisotopic (exact) mass is 230 g/mol. The first-order valence-electron chi connectivity index (χ1n) is 3.86. The van der Waals surface area contributed by atoms with Gasteiger partial charge in [-0.2, -0.15) is 5.26 Å². The highest BCUT2D eigenvalue weighted by atomic mass is 35.5. The molecule has 0 aliphatic rings. The van der Waals surface area contributed by atoms with Gasteiger partial charge in [-0.05, 0) is 24.1 Å². The van der Waals surface area contributed by atoms with E-state index in [1.807, 2.05) is 0 Å². The minimum Gasteiger partial charge on any atom is -0.274 e. The van der Waals surface area contributed by atoms with Gasteiger partial charge in [0.2, 0.25) is 0 Å². The van der Waals surface area contributed by atoms with Gasteiger partial charge in [0.25, 0.3) is 11.7 Å². The van der Waals surface area contributed by atoms with Crippen molar-refractivity contribution < 1.29 is 13.6 Å². The maximum absolute atomic E-state index is 12.6. The van der Waals surface area contributed by atoms with Gasteiger partial charge in [0, 0.05) is 6.20 Å². The number of nitrogens with zero attached hydrogens (tertiary/aromatic N) is 2. The van der Waals surface area contributed by atoms with Crippen LogP contribution in [0, 0.1) is 18.3 Å². The lowest BCUT2D eigenvalue weighted by atomic mass is 10.0. The predicted molar refractivity (Wildman–Crippen MR) is 48.8 cm³/mol. The molecule has 15 heavy (non-hydrogen) atoms. The number of carbonyl (C=O) groups excluding carboxylic acids is 1. The lowest BCUT2D eigenvalue weighted by Gasteiger charge is -2.08. The van der Waals surface area contributed by atoms with Crippen LogP contribution in [0.1, 0.15) is 33.6 Å². The van der Waals surface area contributed by atoms with Crippen molar-refractivity contribution in [3.05, 3.63) is 28.6 Å². The molecular formula is C9H5ClF2N2O.